The number of likely N-dealkylation sites (tertiary alicyclic amines) is 1. The number of hydrogen-bond acceptors (Lipinski definition) is 3. The zero-order valence-corrected chi connectivity index (χ0v) is 9.45. The van der Waals surface area contributed by atoms with E-state index in [-0.39, 0.29) is 11.9 Å². The first-order valence-electron chi connectivity index (χ1n) is 5.25. The van der Waals surface area contributed by atoms with E-state index in [2.05, 4.69) is 31.1 Å². The Balaban J connectivity index is 2.66. The van der Waals surface area contributed by atoms with Crippen molar-refractivity contribution in [1.82, 2.24) is 10.3 Å². The molecule has 4 atom stereocenters. The van der Waals surface area contributed by atoms with Crippen LogP contribution in [0, 0.1) is 11.8 Å². The summed E-state index contributed by atoms with van der Waals surface area (Å²) in [5.74, 6) is 6.32. The predicted molar refractivity (Wildman–Crippen MR) is 56.3 cm³/mol. The van der Waals surface area contributed by atoms with E-state index in [4.69, 9.17) is 5.84 Å². The molecule has 82 valence electrons. The number of carbonyl (C=O) groups is 1. The third-order valence-corrected chi connectivity index (χ3v) is 3.70. The third kappa shape index (κ3) is 1.91. The number of rotatable bonds is 2. The van der Waals surface area contributed by atoms with E-state index >= 15 is 0 Å². The molecule has 0 bridgehead atoms. The Kier molecular flexibility index (Phi) is 3.50. The van der Waals surface area contributed by atoms with Crippen molar-refractivity contribution in [3.63, 3.8) is 0 Å². The molecule has 0 spiro atoms. The lowest BCUT2D eigenvalue weighted by Crippen LogP contribution is -2.49. The van der Waals surface area contributed by atoms with Crippen molar-refractivity contribution in [2.75, 3.05) is 6.54 Å². The van der Waals surface area contributed by atoms with E-state index < -0.39 is 0 Å². The second-order valence-corrected chi connectivity index (χ2v) is 4.46. The number of nitrogens with one attached hydrogen (secondary N) is 1. The molecule has 4 nitrogen and oxygen atoms in total. The van der Waals surface area contributed by atoms with Gasteiger partial charge in [-0.05, 0) is 25.7 Å². The maximum atomic E-state index is 11.4. The molecule has 1 fully saturated rings. The number of hydrazine groups is 1. The van der Waals surface area contributed by atoms with Gasteiger partial charge in [-0.25, -0.2) is 5.84 Å². The predicted octanol–water partition coefficient (Wildman–Crippen LogP) is 0.341. The third-order valence-electron chi connectivity index (χ3n) is 3.70. The quantitative estimate of drug-likeness (QED) is 0.383. The molecule has 4 unspecified atom stereocenters. The van der Waals surface area contributed by atoms with Crippen LogP contribution in [0.15, 0.2) is 0 Å². The van der Waals surface area contributed by atoms with Crippen LogP contribution in [0.1, 0.15) is 27.7 Å². The van der Waals surface area contributed by atoms with Crippen LogP contribution in [0.4, 0.5) is 0 Å². The molecule has 0 aromatic carbocycles. The Labute approximate surface area is 85.8 Å². The van der Waals surface area contributed by atoms with E-state index in [1.54, 1.807) is 0 Å². The number of nitrogens with two attached hydrogens (primary N) is 1. The van der Waals surface area contributed by atoms with Gasteiger partial charge in [-0.2, -0.15) is 0 Å². The van der Waals surface area contributed by atoms with Crippen molar-refractivity contribution in [2.24, 2.45) is 17.7 Å². The summed E-state index contributed by atoms with van der Waals surface area (Å²) >= 11 is 0. The van der Waals surface area contributed by atoms with Crippen LogP contribution >= 0.6 is 0 Å². The number of carbonyl (C=O) groups excluding carboxylic acids is 1. The highest BCUT2D eigenvalue weighted by atomic mass is 16.2. The topological polar surface area (TPSA) is 58.4 Å². The molecule has 1 amide bonds. The fourth-order valence-corrected chi connectivity index (χ4v) is 2.22. The standard InChI is InChI=1S/C10H21N3O/c1-6-5-13(8(3)7(6)2)9(4)10(14)12-11/h6-9H,5,11H2,1-4H3,(H,12,14). The molecule has 1 aliphatic rings. The van der Waals surface area contributed by atoms with Gasteiger partial charge in [-0.3, -0.25) is 15.1 Å². The monoisotopic (exact) mass is 199 g/mol. The van der Waals surface area contributed by atoms with Crippen LogP contribution in [0.2, 0.25) is 0 Å². The van der Waals surface area contributed by atoms with Gasteiger partial charge >= 0.3 is 0 Å². The van der Waals surface area contributed by atoms with Crippen LogP contribution in [0.25, 0.3) is 0 Å². The van der Waals surface area contributed by atoms with E-state index in [1.165, 1.54) is 0 Å². The smallest absolute Gasteiger partial charge is 0.250 e. The van der Waals surface area contributed by atoms with Gasteiger partial charge in [0.25, 0.3) is 5.91 Å². The largest absolute Gasteiger partial charge is 0.293 e. The molecule has 1 heterocycles. The molecule has 4 heteroatoms. The lowest BCUT2D eigenvalue weighted by Gasteiger charge is -2.28. The molecular formula is C10H21N3O. The summed E-state index contributed by atoms with van der Waals surface area (Å²) in [5, 5.41) is 0. The molecule has 0 aliphatic carbocycles. The molecule has 0 radical (unpaired) electrons. The lowest BCUT2D eigenvalue weighted by atomic mass is 9.95. The Hall–Kier alpha value is -0.610. The molecule has 0 aromatic rings. The van der Waals surface area contributed by atoms with Crippen molar-refractivity contribution in [3.05, 3.63) is 0 Å². The highest BCUT2D eigenvalue weighted by Gasteiger charge is 2.37. The molecule has 0 aromatic heterocycles. The van der Waals surface area contributed by atoms with Crippen LogP contribution < -0.4 is 11.3 Å². The van der Waals surface area contributed by atoms with Gasteiger partial charge in [0.05, 0.1) is 6.04 Å². The fraction of sp³-hybridized carbons (Fsp3) is 0.900. The summed E-state index contributed by atoms with van der Waals surface area (Å²) in [6.45, 7) is 9.53. The summed E-state index contributed by atoms with van der Waals surface area (Å²) in [4.78, 5) is 13.6. The first kappa shape index (κ1) is 11.5. The van der Waals surface area contributed by atoms with Crippen molar-refractivity contribution in [1.29, 1.82) is 0 Å². The number of hydrogen-bond donors (Lipinski definition) is 2. The highest BCUT2D eigenvalue weighted by molar-refractivity contribution is 5.80. The van der Waals surface area contributed by atoms with Gasteiger partial charge in [0, 0.05) is 12.6 Å². The Bertz CT molecular complexity index is 219. The van der Waals surface area contributed by atoms with Gasteiger partial charge in [-0.15, -0.1) is 0 Å². The van der Waals surface area contributed by atoms with Crippen LogP contribution in [-0.4, -0.2) is 29.4 Å². The minimum Gasteiger partial charge on any atom is -0.293 e. The molecule has 3 N–H and O–H groups in total. The Morgan fingerprint density at radius 3 is 2.43 bits per heavy atom. The van der Waals surface area contributed by atoms with Gasteiger partial charge in [0.15, 0.2) is 0 Å². The molecule has 1 rings (SSSR count). The zero-order valence-electron chi connectivity index (χ0n) is 9.45. The van der Waals surface area contributed by atoms with Crippen molar-refractivity contribution in [2.45, 2.75) is 39.8 Å². The van der Waals surface area contributed by atoms with Crippen molar-refractivity contribution >= 4 is 5.91 Å². The highest BCUT2D eigenvalue weighted by Crippen LogP contribution is 2.30. The second kappa shape index (κ2) is 4.28. The van der Waals surface area contributed by atoms with Crippen LogP contribution in [-0.2, 0) is 4.79 Å². The SMILES string of the molecule is CC1CN(C(C)C(=O)NN)C(C)C1C. The number of amides is 1. The normalized spacial score (nSPS) is 35.6. The second-order valence-electron chi connectivity index (χ2n) is 4.46. The molecule has 14 heavy (non-hydrogen) atoms. The maximum Gasteiger partial charge on any atom is 0.250 e. The average molecular weight is 199 g/mol. The molecular weight excluding hydrogens is 178 g/mol. The van der Waals surface area contributed by atoms with Crippen molar-refractivity contribution in [3.8, 4) is 0 Å². The molecule has 1 saturated heterocycles. The minimum atomic E-state index is -0.123. The minimum absolute atomic E-state index is 0.0989. The fourth-order valence-electron chi connectivity index (χ4n) is 2.22. The summed E-state index contributed by atoms with van der Waals surface area (Å²) in [5.41, 5.74) is 2.21. The summed E-state index contributed by atoms with van der Waals surface area (Å²) in [6, 6.07) is 0.333. The molecule has 1 aliphatic heterocycles. The van der Waals surface area contributed by atoms with E-state index in [0.717, 1.165) is 6.54 Å². The summed E-state index contributed by atoms with van der Waals surface area (Å²) < 4.78 is 0. The average Bonchev–Trinajstić information content (AvgIpc) is 2.43. The Morgan fingerprint density at radius 1 is 1.50 bits per heavy atom. The first-order chi connectivity index (χ1) is 6.49. The van der Waals surface area contributed by atoms with Crippen LogP contribution in [0.5, 0.6) is 0 Å². The van der Waals surface area contributed by atoms with Crippen molar-refractivity contribution < 1.29 is 4.79 Å². The Morgan fingerprint density at radius 2 is 2.07 bits per heavy atom. The lowest BCUT2D eigenvalue weighted by molar-refractivity contribution is -0.126. The van der Waals surface area contributed by atoms with Gasteiger partial charge in [-0.1, -0.05) is 13.8 Å². The maximum absolute atomic E-state index is 11.4. The zero-order chi connectivity index (χ0) is 10.9. The van der Waals surface area contributed by atoms with Crippen LogP contribution in [0.3, 0.4) is 0 Å². The number of nitrogens with zero attached hydrogens (tertiary/aromatic N) is 1. The summed E-state index contributed by atoms with van der Waals surface area (Å²) in [7, 11) is 0. The van der Waals surface area contributed by atoms with E-state index in [9.17, 15) is 4.79 Å². The van der Waals surface area contributed by atoms with E-state index in [1.807, 2.05) is 6.92 Å². The molecule has 0 saturated carbocycles. The van der Waals surface area contributed by atoms with Gasteiger partial charge in [0.2, 0.25) is 0 Å². The summed E-state index contributed by atoms with van der Waals surface area (Å²) in [6.07, 6.45) is 0. The van der Waals surface area contributed by atoms with Gasteiger partial charge in [0.1, 0.15) is 0 Å². The first-order valence-corrected chi connectivity index (χ1v) is 5.25. The van der Waals surface area contributed by atoms with Gasteiger partial charge < -0.3 is 0 Å². The van der Waals surface area contributed by atoms with E-state index in [0.29, 0.717) is 17.9 Å².